The molecule has 4 rings (SSSR count). The summed E-state index contributed by atoms with van der Waals surface area (Å²) in [5, 5.41) is 12.6. The molecular weight excluding hydrogens is 484 g/mol. The molecule has 1 aromatic heterocycles. The van der Waals surface area contributed by atoms with Crippen LogP contribution in [0.15, 0.2) is 88.1 Å². The van der Waals surface area contributed by atoms with Gasteiger partial charge in [0.15, 0.2) is 6.61 Å². The van der Waals surface area contributed by atoms with Gasteiger partial charge >= 0.3 is 11.6 Å². The highest BCUT2D eigenvalue weighted by atomic mass is 16.5. The van der Waals surface area contributed by atoms with Crippen LogP contribution in [0.25, 0.3) is 11.0 Å². The van der Waals surface area contributed by atoms with Gasteiger partial charge in [-0.15, -0.1) is 0 Å². The third-order valence-electron chi connectivity index (χ3n) is 5.93. The number of carbonyl (C=O) groups excluding carboxylic acids is 2. The summed E-state index contributed by atoms with van der Waals surface area (Å²) in [7, 11) is 0. The molecule has 0 aliphatic carbocycles. The Kier molecular flexibility index (Phi) is 8.52. The lowest BCUT2D eigenvalue weighted by Gasteiger charge is -2.18. The van der Waals surface area contributed by atoms with Crippen molar-refractivity contribution < 1.29 is 23.5 Å². The van der Waals surface area contributed by atoms with Crippen LogP contribution >= 0.6 is 0 Å². The molecule has 1 N–H and O–H groups in total. The number of hydrogen-bond acceptors (Lipinski definition) is 7. The van der Waals surface area contributed by atoms with E-state index in [4.69, 9.17) is 19.2 Å². The van der Waals surface area contributed by atoms with Crippen LogP contribution < -0.4 is 15.7 Å². The highest BCUT2D eigenvalue weighted by Gasteiger charge is 2.16. The van der Waals surface area contributed by atoms with Gasteiger partial charge in [0.1, 0.15) is 17.9 Å². The first-order valence-electron chi connectivity index (χ1n) is 12.1. The highest BCUT2D eigenvalue weighted by Crippen LogP contribution is 2.23. The minimum absolute atomic E-state index is 0.239. The summed E-state index contributed by atoms with van der Waals surface area (Å²) in [5.41, 5.74) is 2.86. The van der Waals surface area contributed by atoms with Crippen molar-refractivity contribution >= 4 is 22.8 Å². The third-order valence-corrected chi connectivity index (χ3v) is 5.93. The average Bonchev–Trinajstić information content (AvgIpc) is 2.93. The van der Waals surface area contributed by atoms with Gasteiger partial charge in [-0.1, -0.05) is 42.5 Å². The number of fused-ring (bicyclic) bond motifs is 1. The lowest BCUT2D eigenvalue weighted by Crippen LogP contribution is -2.32. The highest BCUT2D eigenvalue weighted by molar-refractivity contribution is 5.91. The number of nitrogens with one attached hydrogen (secondary N) is 1. The van der Waals surface area contributed by atoms with Crippen molar-refractivity contribution in [3.63, 3.8) is 0 Å². The van der Waals surface area contributed by atoms with Crippen molar-refractivity contribution in [1.29, 1.82) is 5.26 Å². The maximum atomic E-state index is 12.4. The monoisotopic (exact) mass is 510 g/mol. The number of esters is 1. The van der Waals surface area contributed by atoms with Crippen LogP contribution in [0, 0.1) is 18.3 Å². The number of carbonyl (C=O) groups is 2. The smallest absolute Gasteiger partial charge is 0.338 e. The molecule has 38 heavy (non-hydrogen) atoms. The molecule has 0 spiro atoms. The molecule has 0 saturated carbocycles. The topological polar surface area (TPSA) is 119 Å². The van der Waals surface area contributed by atoms with Gasteiger partial charge in [-0.3, -0.25) is 4.79 Å². The second kappa shape index (κ2) is 12.4. The third kappa shape index (κ3) is 6.86. The maximum absolute atomic E-state index is 12.4. The summed E-state index contributed by atoms with van der Waals surface area (Å²) in [6.07, 6.45) is 0.740. The van der Waals surface area contributed by atoms with Gasteiger partial charge in [0.05, 0.1) is 17.7 Å². The van der Waals surface area contributed by atoms with E-state index in [0.717, 1.165) is 22.1 Å². The van der Waals surface area contributed by atoms with E-state index in [1.807, 2.05) is 43.3 Å². The van der Waals surface area contributed by atoms with Crippen LogP contribution in [0.1, 0.15) is 45.9 Å². The Morgan fingerprint density at radius 1 is 1.03 bits per heavy atom. The van der Waals surface area contributed by atoms with Crippen molar-refractivity contribution in [2.45, 2.75) is 32.4 Å². The Bertz CT molecular complexity index is 1520. The van der Waals surface area contributed by atoms with Gasteiger partial charge in [-0.05, 0) is 54.3 Å². The van der Waals surface area contributed by atoms with Crippen molar-refractivity contribution in [2.75, 3.05) is 6.61 Å². The Morgan fingerprint density at radius 2 is 1.79 bits per heavy atom. The van der Waals surface area contributed by atoms with Crippen molar-refractivity contribution in [1.82, 2.24) is 5.32 Å². The number of aryl methyl sites for hydroxylation is 1. The number of amides is 1. The van der Waals surface area contributed by atoms with E-state index in [1.165, 1.54) is 6.07 Å². The minimum atomic E-state index is -0.624. The van der Waals surface area contributed by atoms with E-state index in [9.17, 15) is 14.4 Å². The normalized spacial score (nSPS) is 11.4. The molecule has 0 aliphatic rings. The largest absolute Gasteiger partial charge is 0.489 e. The summed E-state index contributed by atoms with van der Waals surface area (Å²) in [4.78, 5) is 36.5. The first kappa shape index (κ1) is 26.2. The van der Waals surface area contributed by atoms with E-state index in [2.05, 4.69) is 11.4 Å². The Labute approximate surface area is 219 Å². The van der Waals surface area contributed by atoms with Gasteiger partial charge in [-0.2, -0.15) is 5.26 Å². The minimum Gasteiger partial charge on any atom is -0.489 e. The number of hydrogen-bond donors (Lipinski definition) is 1. The molecule has 8 nitrogen and oxygen atoms in total. The zero-order chi connectivity index (χ0) is 26.9. The second-order valence-corrected chi connectivity index (χ2v) is 8.70. The van der Waals surface area contributed by atoms with Crippen LogP contribution in [0.3, 0.4) is 0 Å². The summed E-state index contributed by atoms with van der Waals surface area (Å²) >= 11 is 0. The Hall–Kier alpha value is -4.90. The number of rotatable bonds is 10. The molecule has 1 amide bonds. The first-order valence-corrected chi connectivity index (χ1v) is 12.1. The molecule has 3 aromatic carbocycles. The predicted molar refractivity (Wildman–Crippen MR) is 140 cm³/mol. The predicted octanol–water partition coefficient (Wildman–Crippen LogP) is 5.00. The second-order valence-electron chi connectivity index (χ2n) is 8.70. The van der Waals surface area contributed by atoms with Gasteiger partial charge in [0.25, 0.3) is 5.91 Å². The Balaban J connectivity index is 1.29. The number of nitriles is 1. The fourth-order valence-corrected chi connectivity index (χ4v) is 3.97. The van der Waals surface area contributed by atoms with Gasteiger partial charge in [0, 0.05) is 23.9 Å². The van der Waals surface area contributed by atoms with Crippen molar-refractivity contribution in [3.8, 4) is 11.8 Å². The lowest BCUT2D eigenvalue weighted by atomic mass is 10.0. The number of ether oxygens (including phenoxy) is 2. The van der Waals surface area contributed by atoms with E-state index in [1.54, 1.807) is 36.4 Å². The molecule has 1 heterocycles. The van der Waals surface area contributed by atoms with Gasteiger partial charge in [-0.25, -0.2) is 9.59 Å². The van der Waals surface area contributed by atoms with Crippen LogP contribution in [-0.4, -0.2) is 18.5 Å². The standard InChI is InChI=1S/C30H26N2O6/c1-20-16-29(34)38-27-17-24(13-14-25(20)27)36-18-21-9-11-23(12-10-21)30(35)37-19-28(33)32-26(8-5-15-31)22-6-3-2-4-7-22/h2-4,6-7,9-14,16-17,26H,5,8,18-19H2,1H3,(H,32,33)/t26-/m0/s1. The summed E-state index contributed by atoms with van der Waals surface area (Å²) in [6.45, 7) is 1.65. The summed E-state index contributed by atoms with van der Waals surface area (Å²) in [5.74, 6) is -0.526. The van der Waals surface area contributed by atoms with Crippen molar-refractivity contribution in [2.24, 2.45) is 0 Å². The molecular formula is C30H26N2O6. The van der Waals surface area contributed by atoms with Gasteiger partial charge < -0.3 is 19.2 Å². The van der Waals surface area contributed by atoms with Gasteiger partial charge in [0.2, 0.25) is 0 Å². The summed E-state index contributed by atoms with van der Waals surface area (Å²) < 4.78 is 16.2. The fraction of sp³-hybridized carbons (Fsp3) is 0.200. The summed E-state index contributed by atoms with van der Waals surface area (Å²) in [6, 6.07) is 24.5. The quantitative estimate of drug-likeness (QED) is 0.236. The molecule has 0 saturated heterocycles. The van der Waals surface area contributed by atoms with Crippen LogP contribution in [0.2, 0.25) is 0 Å². The van der Waals surface area contributed by atoms with E-state index >= 15 is 0 Å². The molecule has 4 aromatic rings. The van der Waals surface area contributed by atoms with Crippen LogP contribution in [0.4, 0.5) is 0 Å². The fourth-order valence-electron chi connectivity index (χ4n) is 3.97. The van der Waals surface area contributed by atoms with Crippen LogP contribution in [0.5, 0.6) is 5.75 Å². The molecule has 0 radical (unpaired) electrons. The van der Waals surface area contributed by atoms with E-state index < -0.39 is 24.1 Å². The average molecular weight is 511 g/mol. The lowest BCUT2D eigenvalue weighted by molar-refractivity contribution is -0.125. The Morgan fingerprint density at radius 3 is 2.53 bits per heavy atom. The molecule has 0 bridgehead atoms. The maximum Gasteiger partial charge on any atom is 0.338 e. The van der Waals surface area contributed by atoms with E-state index in [0.29, 0.717) is 23.3 Å². The number of benzene rings is 3. The molecule has 192 valence electrons. The van der Waals surface area contributed by atoms with Crippen molar-refractivity contribution in [3.05, 3.63) is 112 Å². The molecule has 0 aliphatic heterocycles. The van der Waals surface area contributed by atoms with Crippen LogP contribution in [-0.2, 0) is 16.1 Å². The number of nitrogens with zero attached hydrogens (tertiary/aromatic N) is 1. The molecule has 1 atom stereocenters. The van der Waals surface area contributed by atoms with E-state index in [-0.39, 0.29) is 19.1 Å². The molecule has 0 fully saturated rings. The SMILES string of the molecule is Cc1cc(=O)oc2cc(OCc3ccc(C(=O)OCC(=O)N[C@@H](CCC#N)c4ccccc4)cc3)ccc12. The zero-order valence-electron chi connectivity index (χ0n) is 20.8. The molecule has 8 heteroatoms. The first-order chi connectivity index (χ1) is 18.4. The molecule has 0 unspecified atom stereocenters. The zero-order valence-corrected chi connectivity index (χ0v) is 20.8.